The first-order valence-electron chi connectivity index (χ1n) is 12.0. The fourth-order valence-corrected chi connectivity index (χ4v) is 4.14. The summed E-state index contributed by atoms with van der Waals surface area (Å²) in [4.78, 5) is 11.1. The van der Waals surface area contributed by atoms with Crippen LogP contribution in [0.3, 0.4) is 0 Å². The van der Waals surface area contributed by atoms with E-state index >= 15 is 0 Å². The topological polar surface area (TPSA) is 85.2 Å². The molecule has 0 spiro atoms. The first kappa shape index (κ1) is 28.9. The number of halogens is 2. The van der Waals surface area contributed by atoms with Gasteiger partial charge in [-0.25, -0.2) is 0 Å². The molecule has 1 aliphatic carbocycles. The molecule has 0 radical (unpaired) electrons. The lowest BCUT2D eigenvalue weighted by Gasteiger charge is -2.22. The van der Waals surface area contributed by atoms with Crippen LogP contribution in [0, 0.1) is 11.8 Å². The minimum Gasteiger partial charge on any atom is -0.469 e. The summed E-state index contributed by atoms with van der Waals surface area (Å²) in [5.74, 6) is -0.409. The Labute approximate surface area is 191 Å². The van der Waals surface area contributed by atoms with Gasteiger partial charge in [0.1, 0.15) is 0 Å². The molecule has 3 unspecified atom stereocenters. The zero-order valence-electron chi connectivity index (χ0n) is 19.6. The smallest absolute Gasteiger partial charge is 0.355 e. The highest BCUT2D eigenvalue weighted by Gasteiger charge is 2.40. The number of carbonyl (C=O) groups is 1. The van der Waals surface area contributed by atoms with Gasteiger partial charge >= 0.3 is 12.1 Å². The van der Waals surface area contributed by atoms with E-state index in [9.17, 15) is 23.8 Å². The van der Waals surface area contributed by atoms with E-state index in [4.69, 9.17) is 4.74 Å². The van der Waals surface area contributed by atoms with E-state index in [-0.39, 0.29) is 37.4 Å². The fraction of sp³-hybridized carbons (Fsp3) is 0.875. The minimum absolute atomic E-state index is 0.0701. The molecule has 32 heavy (non-hydrogen) atoms. The highest BCUT2D eigenvalue weighted by molar-refractivity contribution is 5.69. The maximum atomic E-state index is 13.6. The summed E-state index contributed by atoms with van der Waals surface area (Å²) < 4.78 is 42.0. The third kappa shape index (κ3) is 12.2. The van der Waals surface area contributed by atoms with Crippen molar-refractivity contribution in [2.24, 2.45) is 11.8 Å². The van der Waals surface area contributed by atoms with Crippen LogP contribution in [0.1, 0.15) is 77.6 Å². The predicted molar refractivity (Wildman–Crippen MR) is 118 cm³/mol. The van der Waals surface area contributed by atoms with Gasteiger partial charge in [0, 0.05) is 19.4 Å². The molecule has 0 bridgehead atoms. The normalized spacial score (nSPS) is 23.8. The van der Waals surface area contributed by atoms with Crippen LogP contribution >= 0.6 is 0 Å². The molecule has 6 nitrogen and oxygen atoms in total. The fourth-order valence-electron chi connectivity index (χ4n) is 4.14. The van der Waals surface area contributed by atoms with Gasteiger partial charge in [0.05, 0.1) is 32.5 Å². The Hall–Kier alpha value is -1.09. The molecule has 1 aliphatic rings. The number of unbranched alkanes of at least 4 members (excludes halogenated alkanes) is 4. The lowest BCUT2D eigenvalue weighted by atomic mass is 9.88. The quantitative estimate of drug-likeness (QED) is 0.175. The van der Waals surface area contributed by atoms with E-state index in [0.717, 1.165) is 25.7 Å². The molecule has 188 valence electrons. The highest BCUT2D eigenvalue weighted by atomic mass is 19.3. The molecule has 0 heterocycles. The third-order valence-electron chi connectivity index (χ3n) is 6.03. The lowest BCUT2D eigenvalue weighted by Crippen LogP contribution is -2.25. The predicted octanol–water partition coefficient (Wildman–Crippen LogP) is 4.62. The van der Waals surface area contributed by atoms with Crippen molar-refractivity contribution in [1.82, 2.24) is 0 Å². The number of rotatable bonds is 18. The first-order chi connectivity index (χ1) is 15.3. The summed E-state index contributed by atoms with van der Waals surface area (Å²) >= 11 is 0. The second-order valence-electron chi connectivity index (χ2n) is 8.57. The van der Waals surface area contributed by atoms with Crippen LogP contribution in [0.15, 0.2) is 12.2 Å². The number of carbonyl (C=O) groups excluding carboxylic acids is 1. The summed E-state index contributed by atoms with van der Waals surface area (Å²) in [6.45, 7) is 2.25. The Morgan fingerprint density at radius 1 is 1.03 bits per heavy atom. The van der Waals surface area contributed by atoms with E-state index in [0.29, 0.717) is 45.1 Å². The largest absolute Gasteiger partial charge is 0.469 e. The number of alkyl halides is 2. The Morgan fingerprint density at radius 2 is 1.78 bits per heavy atom. The van der Waals surface area contributed by atoms with Crippen molar-refractivity contribution in [3.05, 3.63) is 12.2 Å². The summed E-state index contributed by atoms with van der Waals surface area (Å²) in [5, 5.41) is 20.5. The second kappa shape index (κ2) is 16.5. The molecule has 0 aromatic rings. The van der Waals surface area contributed by atoms with Crippen molar-refractivity contribution in [3.8, 4) is 0 Å². The number of hydrogen-bond donors (Lipinski definition) is 2. The van der Waals surface area contributed by atoms with Gasteiger partial charge in [-0.3, -0.25) is 4.79 Å². The number of allylic oxidation sites excluding steroid dienone is 2. The van der Waals surface area contributed by atoms with Crippen molar-refractivity contribution in [2.45, 2.75) is 95.9 Å². The van der Waals surface area contributed by atoms with E-state index in [1.54, 1.807) is 0 Å². The Kier molecular flexibility index (Phi) is 14.9. The SMILES string of the molecule is CCCCCCC(F)(F)OCCOCCC1C(O)CC(O)[C@@H]1CC=CCCCC(=O)OC. The summed E-state index contributed by atoms with van der Waals surface area (Å²) in [5.41, 5.74) is 0. The van der Waals surface area contributed by atoms with Gasteiger partial charge in [0.2, 0.25) is 0 Å². The van der Waals surface area contributed by atoms with Gasteiger partial charge in [-0.05, 0) is 50.4 Å². The molecule has 0 aromatic carbocycles. The molecule has 1 saturated carbocycles. The zero-order chi connectivity index (χ0) is 23.8. The number of esters is 1. The maximum absolute atomic E-state index is 13.6. The number of aliphatic hydroxyl groups excluding tert-OH is 2. The van der Waals surface area contributed by atoms with Crippen LogP contribution in [-0.4, -0.2) is 61.4 Å². The molecular weight excluding hydrogens is 422 g/mol. The molecule has 0 saturated heterocycles. The highest BCUT2D eigenvalue weighted by Crippen LogP contribution is 2.37. The molecule has 1 fully saturated rings. The maximum Gasteiger partial charge on any atom is 0.355 e. The van der Waals surface area contributed by atoms with Crippen LogP contribution in [0.25, 0.3) is 0 Å². The van der Waals surface area contributed by atoms with E-state index in [2.05, 4.69) is 9.47 Å². The Balaban J connectivity index is 2.23. The zero-order valence-corrected chi connectivity index (χ0v) is 19.6. The minimum atomic E-state index is -3.11. The number of ether oxygens (including phenoxy) is 3. The molecule has 0 aromatic heterocycles. The summed E-state index contributed by atoms with van der Waals surface area (Å²) in [6.07, 6.45) is 5.92. The first-order valence-corrected chi connectivity index (χ1v) is 12.0. The van der Waals surface area contributed by atoms with Crippen LogP contribution in [0.5, 0.6) is 0 Å². The van der Waals surface area contributed by atoms with Crippen molar-refractivity contribution in [3.63, 3.8) is 0 Å². The van der Waals surface area contributed by atoms with E-state index < -0.39 is 18.3 Å². The van der Waals surface area contributed by atoms with E-state index in [1.807, 2.05) is 19.1 Å². The van der Waals surface area contributed by atoms with Crippen LogP contribution in [0.4, 0.5) is 8.78 Å². The molecular formula is C24H42F2O6. The summed E-state index contributed by atoms with van der Waals surface area (Å²) in [7, 11) is 1.37. The van der Waals surface area contributed by atoms with Gasteiger partial charge in [-0.2, -0.15) is 8.78 Å². The Bertz CT molecular complexity index is 529. The molecule has 1 rings (SSSR count). The average molecular weight is 465 g/mol. The lowest BCUT2D eigenvalue weighted by molar-refractivity contribution is -0.247. The van der Waals surface area contributed by atoms with Crippen molar-refractivity contribution < 1.29 is 38.0 Å². The molecule has 2 N–H and O–H groups in total. The standard InChI is InChI=1S/C24H42F2O6/c1-3-4-5-10-14-24(25,26)32-17-16-31-15-13-20-19(21(27)18-22(20)28)11-8-6-7-9-12-23(29)30-2/h6,8,19-22,27-28H,3-5,7,9-18H2,1-2H3/t19-,20?,21?,22?/m1/s1. The van der Waals surface area contributed by atoms with Crippen LogP contribution in [0.2, 0.25) is 0 Å². The number of methoxy groups -OCH3 is 1. The van der Waals surface area contributed by atoms with Crippen molar-refractivity contribution >= 4 is 5.97 Å². The second-order valence-corrected chi connectivity index (χ2v) is 8.57. The van der Waals surface area contributed by atoms with Crippen molar-refractivity contribution in [1.29, 1.82) is 0 Å². The number of hydrogen-bond acceptors (Lipinski definition) is 6. The molecule has 0 amide bonds. The number of aliphatic hydroxyl groups is 2. The molecule has 0 aliphatic heterocycles. The third-order valence-corrected chi connectivity index (χ3v) is 6.03. The van der Waals surface area contributed by atoms with Gasteiger partial charge in [-0.15, -0.1) is 0 Å². The molecule has 8 heteroatoms. The van der Waals surface area contributed by atoms with E-state index in [1.165, 1.54) is 7.11 Å². The summed E-state index contributed by atoms with van der Waals surface area (Å²) in [6, 6.07) is 0. The molecule has 4 atom stereocenters. The average Bonchev–Trinajstić information content (AvgIpc) is 3.02. The van der Waals surface area contributed by atoms with Gasteiger partial charge in [0.25, 0.3) is 0 Å². The van der Waals surface area contributed by atoms with Gasteiger partial charge < -0.3 is 24.4 Å². The van der Waals surface area contributed by atoms with Gasteiger partial charge in [0.15, 0.2) is 0 Å². The monoisotopic (exact) mass is 464 g/mol. The van der Waals surface area contributed by atoms with Gasteiger partial charge in [-0.1, -0.05) is 38.3 Å². The van der Waals surface area contributed by atoms with Crippen LogP contribution in [-0.2, 0) is 19.0 Å². The van der Waals surface area contributed by atoms with Crippen molar-refractivity contribution in [2.75, 3.05) is 26.9 Å². The Morgan fingerprint density at radius 3 is 2.50 bits per heavy atom. The van der Waals surface area contributed by atoms with Crippen LogP contribution < -0.4 is 0 Å².